The molecule has 0 saturated carbocycles. The molecule has 1 N–H and O–H groups in total. The Morgan fingerprint density at radius 3 is 0.859 bits per heavy atom. The van der Waals surface area contributed by atoms with Gasteiger partial charge in [0.15, 0.2) is 6.10 Å². The number of quaternary nitrogens is 1. The van der Waals surface area contributed by atoms with Crippen LogP contribution in [0.4, 0.5) is 0 Å². The zero-order chi connectivity index (χ0) is 66.8. The summed E-state index contributed by atoms with van der Waals surface area (Å²) in [4.78, 5) is 37.7. The van der Waals surface area contributed by atoms with E-state index in [0.717, 1.165) is 44.9 Å². The quantitative estimate of drug-likeness (QED) is 0.0211. The van der Waals surface area contributed by atoms with Crippen molar-refractivity contribution in [2.45, 2.75) is 444 Å². The molecule has 0 bridgehead atoms. The van der Waals surface area contributed by atoms with E-state index in [0.29, 0.717) is 17.4 Å². The van der Waals surface area contributed by atoms with Crippen LogP contribution in [0.3, 0.4) is 0 Å². The zero-order valence-electron chi connectivity index (χ0n) is 62.5. The third kappa shape index (κ3) is 75.2. The second kappa shape index (κ2) is 74.6. The Hall–Kier alpha value is -2.23. The molecule has 9 heteroatoms. The predicted octanol–water partition coefficient (Wildman–Crippen LogP) is 26.1. The normalized spacial score (nSPS) is 12.7. The van der Waals surface area contributed by atoms with Crippen LogP contribution in [0.15, 0.2) is 24.3 Å². The summed E-state index contributed by atoms with van der Waals surface area (Å²) in [5.74, 6) is -1.96. The van der Waals surface area contributed by atoms with Crippen molar-refractivity contribution >= 4 is 17.9 Å². The van der Waals surface area contributed by atoms with E-state index in [1.165, 1.54) is 360 Å². The molecule has 9 nitrogen and oxygen atoms in total. The molecule has 2 unspecified atom stereocenters. The molecule has 0 rings (SSSR count). The highest BCUT2D eigenvalue weighted by Gasteiger charge is 2.25. The fourth-order valence-electron chi connectivity index (χ4n) is 12.7. The van der Waals surface area contributed by atoms with Crippen LogP contribution in [-0.2, 0) is 33.3 Å². The summed E-state index contributed by atoms with van der Waals surface area (Å²) < 4.78 is 23.1. The number of carboxylic acids is 1. The van der Waals surface area contributed by atoms with Gasteiger partial charge < -0.3 is 28.5 Å². The van der Waals surface area contributed by atoms with Gasteiger partial charge >= 0.3 is 17.9 Å². The second-order valence-electron chi connectivity index (χ2n) is 29.4. The Morgan fingerprint density at radius 2 is 0.587 bits per heavy atom. The molecular weight excluding hydrogens is 1140 g/mol. The molecule has 92 heavy (non-hydrogen) atoms. The van der Waals surface area contributed by atoms with E-state index in [2.05, 4.69) is 38.2 Å². The minimum atomic E-state index is -1.51. The van der Waals surface area contributed by atoms with Crippen molar-refractivity contribution in [3.8, 4) is 0 Å². The smallest absolute Gasteiger partial charge is 0.361 e. The van der Waals surface area contributed by atoms with Gasteiger partial charge in [0.25, 0.3) is 6.29 Å². The van der Waals surface area contributed by atoms with Gasteiger partial charge in [0.05, 0.1) is 34.4 Å². The van der Waals surface area contributed by atoms with Crippen molar-refractivity contribution in [1.82, 2.24) is 0 Å². The van der Waals surface area contributed by atoms with Crippen LogP contribution in [-0.4, -0.2) is 87.4 Å². The molecule has 0 aliphatic rings. The Labute approximate surface area is 573 Å². The molecule has 2 atom stereocenters. The van der Waals surface area contributed by atoms with Gasteiger partial charge in [-0.15, -0.1) is 0 Å². The van der Waals surface area contributed by atoms with E-state index in [9.17, 15) is 19.5 Å². The van der Waals surface area contributed by atoms with Gasteiger partial charge in [0.1, 0.15) is 13.2 Å². The number of hydrogen-bond acceptors (Lipinski definition) is 7. The summed E-state index contributed by atoms with van der Waals surface area (Å²) in [5.41, 5.74) is 0. The summed E-state index contributed by atoms with van der Waals surface area (Å²) in [6.45, 7) is 4.96. The predicted molar refractivity (Wildman–Crippen MR) is 397 cm³/mol. The summed E-state index contributed by atoms with van der Waals surface area (Å²) >= 11 is 0. The van der Waals surface area contributed by atoms with E-state index in [4.69, 9.17) is 18.9 Å². The standard InChI is InChI=1S/C83H159NO8/c1-6-8-10-12-14-16-18-20-22-24-26-28-30-32-34-36-38-39-40-41-42-43-44-46-48-50-52-54-56-58-60-62-64-66-68-70-72-74-81(86)92-79(78-91-83(82(87)88)89-76-75-84(3,4)5)77-90-80(85)73-71-69-67-65-63-61-59-57-55-53-51-49-47-45-37-35-33-31-29-27-25-23-21-19-17-15-13-11-9-7-2/h18,20,24,26,79,83H,6-17,19,21-23,25,27-78H2,1-5H3/p+1/b20-18-,26-24-. The SMILES string of the molecule is CCCCCCC/C=C\C/C=C\CCCCCCCCCCCCCCCCCCCCCCCCCCCC(=O)OC(COC(=O)CCCCCCCCCCCCCCCCCCCCCCCCCCCCCCCC)COC(OCC[N+](C)(C)C)C(=O)O. The number of rotatable bonds is 78. The molecule has 0 fully saturated rings. The molecule has 544 valence electrons. The summed E-state index contributed by atoms with van der Waals surface area (Å²) in [7, 11) is 6.00. The molecule has 0 saturated heterocycles. The molecule has 0 amide bonds. The highest BCUT2D eigenvalue weighted by molar-refractivity contribution is 5.71. The maximum absolute atomic E-state index is 13.0. The Balaban J connectivity index is 3.94. The molecule has 0 aromatic rings. The Bertz CT molecular complexity index is 1560. The van der Waals surface area contributed by atoms with E-state index in [1.54, 1.807) is 0 Å². The number of carbonyl (C=O) groups is 3. The zero-order valence-corrected chi connectivity index (χ0v) is 62.5. The number of esters is 2. The molecule has 0 spiro atoms. The monoisotopic (exact) mass is 1300 g/mol. The molecule has 0 aromatic carbocycles. The minimum Gasteiger partial charge on any atom is -0.477 e. The molecule has 0 aromatic heterocycles. The number of hydrogen-bond donors (Lipinski definition) is 1. The van der Waals surface area contributed by atoms with Gasteiger partial charge in [-0.2, -0.15) is 0 Å². The lowest BCUT2D eigenvalue weighted by Gasteiger charge is -2.25. The van der Waals surface area contributed by atoms with Crippen molar-refractivity contribution in [3.63, 3.8) is 0 Å². The molecular formula is C83H160NO8+. The minimum absolute atomic E-state index is 0.173. The van der Waals surface area contributed by atoms with Crippen LogP contribution < -0.4 is 0 Å². The number of allylic oxidation sites excluding steroid dienone is 4. The Morgan fingerprint density at radius 1 is 0.326 bits per heavy atom. The third-order valence-electron chi connectivity index (χ3n) is 19.0. The van der Waals surface area contributed by atoms with E-state index in [1.807, 2.05) is 21.1 Å². The highest BCUT2D eigenvalue weighted by Crippen LogP contribution is 2.20. The lowest BCUT2D eigenvalue weighted by Crippen LogP contribution is -2.40. The number of aliphatic carboxylic acids is 1. The van der Waals surface area contributed by atoms with E-state index >= 15 is 0 Å². The van der Waals surface area contributed by atoms with Crippen LogP contribution in [0.5, 0.6) is 0 Å². The topological polar surface area (TPSA) is 108 Å². The average Bonchev–Trinajstić information content (AvgIpc) is 3.75. The van der Waals surface area contributed by atoms with Crippen LogP contribution in [0, 0.1) is 0 Å². The first-order valence-corrected chi connectivity index (χ1v) is 41.0. The summed E-state index contributed by atoms with van der Waals surface area (Å²) in [6.07, 6.45) is 92.1. The van der Waals surface area contributed by atoms with Gasteiger partial charge in [-0.1, -0.05) is 398 Å². The van der Waals surface area contributed by atoms with Crippen molar-refractivity contribution < 1.29 is 42.9 Å². The highest BCUT2D eigenvalue weighted by atomic mass is 16.7. The van der Waals surface area contributed by atoms with E-state index < -0.39 is 18.4 Å². The molecule has 0 radical (unpaired) electrons. The van der Waals surface area contributed by atoms with Crippen LogP contribution in [0.1, 0.15) is 431 Å². The first kappa shape index (κ1) is 89.8. The molecule has 0 aliphatic carbocycles. The number of carbonyl (C=O) groups excluding carboxylic acids is 2. The number of carboxylic acid groups (broad SMARTS) is 1. The largest absolute Gasteiger partial charge is 0.477 e. The van der Waals surface area contributed by atoms with Crippen LogP contribution in [0.25, 0.3) is 0 Å². The maximum Gasteiger partial charge on any atom is 0.361 e. The Kier molecular flexibility index (Phi) is 72.8. The maximum atomic E-state index is 13.0. The average molecular weight is 1300 g/mol. The molecule has 0 heterocycles. The van der Waals surface area contributed by atoms with Crippen molar-refractivity contribution in [2.75, 3.05) is 47.5 Å². The van der Waals surface area contributed by atoms with Crippen LogP contribution in [0.2, 0.25) is 0 Å². The van der Waals surface area contributed by atoms with Crippen molar-refractivity contribution in [2.24, 2.45) is 0 Å². The van der Waals surface area contributed by atoms with Gasteiger partial charge in [-0.25, -0.2) is 4.79 Å². The fourth-order valence-corrected chi connectivity index (χ4v) is 12.7. The van der Waals surface area contributed by atoms with E-state index in [-0.39, 0.29) is 38.2 Å². The molecule has 0 aliphatic heterocycles. The first-order chi connectivity index (χ1) is 45.1. The second-order valence-corrected chi connectivity index (χ2v) is 29.4. The summed E-state index contributed by atoms with van der Waals surface area (Å²) in [5, 5.41) is 9.77. The lowest BCUT2D eigenvalue weighted by molar-refractivity contribution is -0.870. The van der Waals surface area contributed by atoms with Crippen molar-refractivity contribution in [1.29, 1.82) is 0 Å². The van der Waals surface area contributed by atoms with Gasteiger partial charge in [-0.3, -0.25) is 9.59 Å². The fraction of sp³-hybridized carbons (Fsp3) is 0.916. The number of ether oxygens (including phenoxy) is 4. The van der Waals surface area contributed by atoms with Gasteiger partial charge in [0.2, 0.25) is 0 Å². The number of nitrogens with zero attached hydrogens (tertiary/aromatic N) is 1. The number of unbranched alkanes of at least 4 members (excludes halogenated alkanes) is 59. The van der Waals surface area contributed by atoms with Crippen molar-refractivity contribution in [3.05, 3.63) is 24.3 Å². The third-order valence-corrected chi connectivity index (χ3v) is 19.0. The first-order valence-electron chi connectivity index (χ1n) is 41.0. The van der Waals surface area contributed by atoms with Gasteiger partial charge in [0, 0.05) is 12.8 Å². The number of likely N-dealkylation sites (N-methyl/N-ethyl adjacent to an activating group) is 1. The lowest BCUT2D eigenvalue weighted by atomic mass is 10.0. The summed E-state index contributed by atoms with van der Waals surface area (Å²) in [6, 6.07) is 0. The van der Waals surface area contributed by atoms with Gasteiger partial charge in [-0.05, 0) is 44.9 Å². The van der Waals surface area contributed by atoms with Crippen LogP contribution >= 0.6 is 0 Å².